The third kappa shape index (κ3) is 3.25. The molecule has 0 radical (unpaired) electrons. The van der Waals surface area contributed by atoms with Crippen molar-refractivity contribution in [1.82, 2.24) is 10.2 Å². The van der Waals surface area contributed by atoms with Crippen LogP contribution in [0.1, 0.15) is 20.3 Å². The highest BCUT2D eigenvalue weighted by atomic mass is 16.5. The Morgan fingerprint density at radius 2 is 2.31 bits per heavy atom. The number of rotatable bonds is 3. The van der Waals surface area contributed by atoms with Crippen molar-refractivity contribution in [3.8, 4) is 0 Å². The summed E-state index contributed by atoms with van der Waals surface area (Å²) in [5.74, 6) is 0. The van der Waals surface area contributed by atoms with Gasteiger partial charge in [-0.1, -0.05) is 0 Å². The number of hydrogen-bond donors (Lipinski definition) is 1. The van der Waals surface area contributed by atoms with Gasteiger partial charge in [0.1, 0.15) is 0 Å². The molecule has 0 aromatic carbocycles. The van der Waals surface area contributed by atoms with Gasteiger partial charge in [0, 0.05) is 32.3 Å². The predicted octanol–water partition coefficient (Wildman–Crippen LogP) is 0.705. The monoisotopic (exact) mass is 186 g/mol. The van der Waals surface area contributed by atoms with E-state index in [4.69, 9.17) is 4.74 Å². The van der Waals surface area contributed by atoms with Gasteiger partial charge in [0.2, 0.25) is 0 Å². The summed E-state index contributed by atoms with van der Waals surface area (Å²) >= 11 is 0. The molecule has 0 aromatic heterocycles. The Labute approximate surface area is 81.4 Å². The van der Waals surface area contributed by atoms with Gasteiger partial charge >= 0.3 is 0 Å². The average molecular weight is 186 g/mol. The van der Waals surface area contributed by atoms with Crippen molar-refractivity contribution in [3.63, 3.8) is 0 Å². The first kappa shape index (κ1) is 11.0. The average Bonchev–Trinajstić information content (AvgIpc) is 2.30. The molecule has 2 unspecified atom stereocenters. The molecule has 0 aliphatic carbocycles. The fourth-order valence-electron chi connectivity index (χ4n) is 2.02. The second kappa shape index (κ2) is 5.58. The Bertz CT molecular complexity index is 141. The van der Waals surface area contributed by atoms with Crippen molar-refractivity contribution >= 4 is 0 Å². The zero-order valence-corrected chi connectivity index (χ0v) is 9.05. The maximum Gasteiger partial charge on any atom is 0.0615 e. The van der Waals surface area contributed by atoms with E-state index in [-0.39, 0.29) is 0 Å². The van der Waals surface area contributed by atoms with E-state index >= 15 is 0 Å². The van der Waals surface area contributed by atoms with Crippen LogP contribution in [-0.4, -0.2) is 50.3 Å². The van der Waals surface area contributed by atoms with Crippen LogP contribution in [0.25, 0.3) is 0 Å². The Hall–Kier alpha value is -0.120. The molecule has 0 aromatic rings. The zero-order valence-electron chi connectivity index (χ0n) is 9.05. The molecule has 2 atom stereocenters. The van der Waals surface area contributed by atoms with E-state index in [1.54, 1.807) is 7.11 Å². The predicted molar refractivity (Wildman–Crippen MR) is 55.0 cm³/mol. The van der Waals surface area contributed by atoms with Gasteiger partial charge in [-0.05, 0) is 26.8 Å². The van der Waals surface area contributed by atoms with E-state index in [2.05, 4.69) is 24.1 Å². The van der Waals surface area contributed by atoms with Gasteiger partial charge in [0.25, 0.3) is 0 Å². The van der Waals surface area contributed by atoms with Gasteiger partial charge < -0.3 is 10.1 Å². The van der Waals surface area contributed by atoms with Crippen molar-refractivity contribution in [2.24, 2.45) is 0 Å². The normalized spacial score (nSPS) is 28.4. The zero-order chi connectivity index (χ0) is 9.68. The molecule has 1 aliphatic heterocycles. The fourth-order valence-corrected chi connectivity index (χ4v) is 2.02. The van der Waals surface area contributed by atoms with Crippen molar-refractivity contribution in [2.75, 3.05) is 33.4 Å². The highest BCUT2D eigenvalue weighted by Crippen LogP contribution is 2.10. The molecule has 3 nitrogen and oxygen atoms in total. The third-order valence-electron chi connectivity index (χ3n) is 2.83. The van der Waals surface area contributed by atoms with Crippen LogP contribution in [-0.2, 0) is 4.74 Å². The highest BCUT2D eigenvalue weighted by Gasteiger charge is 2.21. The summed E-state index contributed by atoms with van der Waals surface area (Å²) in [4.78, 5) is 2.53. The summed E-state index contributed by atoms with van der Waals surface area (Å²) in [6.45, 7) is 8.79. The number of nitrogens with one attached hydrogen (secondary N) is 1. The number of nitrogens with zero attached hydrogens (tertiary/aromatic N) is 1. The molecule has 1 saturated heterocycles. The standard InChI is InChI=1S/C10H22N2O/c1-9-4-5-11-6-7-12(9)10(2)8-13-3/h9-11H,4-8H2,1-3H3. The molecule has 78 valence electrons. The summed E-state index contributed by atoms with van der Waals surface area (Å²) < 4.78 is 5.18. The summed E-state index contributed by atoms with van der Waals surface area (Å²) in [6, 6.07) is 1.22. The lowest BCUT2D eigenvalue weighted by Crippen LogP contribution is -2.43. The summed E-state index contributed by atoms with van der Waals surface area (Å²) in [7, 11) is 1.78. The van der Waals surface area contributed by atoms with Gasteiger partial charge in [0.15, 0.2) is 0 Å². The van der Waals surface area contributed by atoms with Gasteiger partial charge in [0.05, 0.1) is 6.61 Å². The largest absolute Gasteiger partial charge is 0.383 e. The Balaban J connectivity index is 2.43. The van der Waals surface area contributed by atoms with Crippen molar-refractivity contribution in [3.05, 3.63) is 0 Å². The topological polar surface area (TPSA) is 24.5 Å². The Kier molecular flexibility index (Phi) is 4.70. The first-order chi connectivity index (χ1) is 6.25. The van der Waals surface area contributed by atoms with E-state index in [0.29, 0.717) is 12.1 Å². The van der Waals surface area contributed by atoms with E-state index in [9.17, 15) is 0 Å². The second-order valence-corrected chi connectivity index (χ2v) is 3.93. The molecule has 1 N–H and O–H groups in total. The molecule has 0 bridgehead atoms. The van der Waals surface area contributed by atoms with Crippen LogP contribution in [0.2, 0.25) is 0 Å². The first-order valence-corrected chi connectivity index (χ1v) is 5.21. The summed E-state index contributed by atoms with van der Waals surface area (Å²) in [6.07, 6.45) is 1.24. The molecule has 3 heteroatoms. The Morgan fingerprint density at radius 3 is 3.00 bits per heavy atom. The molecule has 1 rings (SSSR count). The van der Waals surface area contributed by atoms with E-state index in [1.165, 1.54) is 6.42 Å². The van der Waals surface area contributed by atoms with Crippen LogP contribution in [0.4, 0.5) is 0 Å². The smallest absolute Gasteiger partial charge is 0.0615 e. The minimum Gasteiger partial charge on any atom is -0.383 e. The molecule has 13 heavy (non-hydrogen) atoms. The van der Waals surface area contributed by atoms with E-state index < -0.39 is 0 Å². The van der Waals surface area contributed by atoms with Crippen LogP contribution >= 0.6 is 0 Å². The lowest BCUT2D eigenvalue weighted by atomic mass is 10.1. The molecule has 1 heterocycles. The highest BCUT2D eigenvalue weighted by molar-refractivity contribution is 4.77. The third-order valence-corrected chi connectivity index (χ3v) is 2.83. The van der Waals surface area contributed by atoms with Gasteiger partial charge in [-0.25, -0.2) is 0 Å². The molecular formula is C10H22N2O. The number of methoxy groups -OCH3 is 1. The van der Waals surface area contributed by atoms with Crippen LogP contribution in [0, 0.1) is 0 Å². The van der Waals surface area contributed by atoms with Gasteiger partial charge in [-0.15, -0.1) is 0 Å². The minimum atomic E-state index is 0.542. The minimum absolute atomic E-state index is 0.542. The van der Waals surface area contributed by atoms with Gasteiger partial charge in [-0.2, -0.15) is 0 Å². The molecular weight excluding hydrogens is 164 g/mol. The lowest BCUT2D eigenvalue weighted by molar-refractivity contribution is 0.0790. The summed E-state index contributed by atoms with van der Waals surface area (Å²) in [5, 5.41) is 3.42. The van der Waals surface area contributed by atoms with Crippen LogP contribution in [0.5, 0.6) is 0 Å². The molecule has 0 saturated carbocycles. The first-order valence-electron chi connectivity index (χ1n) is 5.21. The lowest BCUT2D eigenvalue weighted by Gasteiger charge is -2.32. The van der Waals surface area contributed by atoms with Crippen molar-refractivity contribution in [2.45, 2.75) is 32.4 Å². The number of hydrogen-bond acceptors (Lipinski definition) is 3. The Morgan fingerprint density at radius 1 is 1.54 bits per heavy atom. The van der Waals surface area contributed by atoms with Crippen molar-refractivity contribution in [1.29, 1.82) is 0 Å². The van der Waals surface area contributed by atoms with E-state index in [1.807, 2.05) is 0 Å². The summed E-state index contributed by atoms with van der Waals surface area (Å²) in [5.41, 5.74) is 0. The molecule has 0 spiro atoms. The molecule has 1 aliphatic rings. The number of ether oxygens (including phenoxy) is 1. The quantitative estimate of drug-likeness (QED) is 0.702. The van der Waals surface area contributed by atoms with Gasteiger partial charge in [-0.3, -0.25) is 4.90 Å². The SMILES string of the molecule is COCC(C)N1CCNCCC1C. The molecule has 0 amide bonds. The second-order valence-electron chi connectivity index (χ2n) is 3.93. The van der Waals surface area contributed by atoms with E-state index in [0.717, 1.165) is 26.2 Å². The van der Waals surface area contributed by atoms with Crippen LogP contribution < -0.4 is 5.32 Å². The van der Waals surface area contributed by atoms with Crippen LogP contribution in [0.15, 0.2) is 0 Å². The maximum atomic E-state index is 5.18. The maximum absolute atomic E-state index is 5.18. The fraction of sp³-hybridized carbons (Fsp3) is 1.00. The van der Waals surface area contributed by atoms with Crippen LogP contribution in [0.3, 0.4) is 0 Å². The van der Waals surface area contributed by atoms with Crippen molar-refractivity contribution < 1.29 is 4.74 Å². The molecule has 1 fully saturated rings.